The van der Waals surface area contributed by atoms with E-state index in [4.69, 9.17) is 9.84 Å². The molecule has 5 nitrogen and oxygen atoms in total. The van der Waals surface area contributed by atoms with E-state index in [-0.39, 0.29) is 30.4 Å². The summed E-state index contributed by atoms with van der Waals surface area (Å²) in [7, 11) is 1.66. The minimum atomic E-state index is -0.899. The van der Waals surface area contributed by atoms with Gasteiger partial charge in [-0.25, -0.2) is 0 Å². The number of rotatable bonds is 4. The number of hydrogen-bond acceptors (Lipinski definition) is 3. The van der Waals surface area contributed by atoms with Crippen LogP contribution in [0, 0.1) is 17.8 Å². The van der Waals surface area contributed by atoms with Crippen LogP contribution in [0.4, 0.5) is 0 Å². The molecule has 0 saturated carbocycles. The molecule has 0 aromatic heterocycles. The summed E-state index contributed by atoms with van der Waals surface area (Å²) in [5.74, 6) is -1.37. The quantitative estimate of drug-likeness (QED) is 0.794. The van der Waals surface area contributed by atoms with Crippen molar-refractivity contribution in [3.8, 4) is 0 Å². The first kappa shape index (κ1) is 14.0. The summed E-state index contributed by atoms with van der Waals surface area (Å²) in [5, 5.41) is 9.04. The molecule has 0 aromatic rings. The minimum absolute atomic E-state index is 0.0123. The number of carbonyl (C=O) groups is 2. The van der Waals surface area contributed by atoms with Crippen molar-refractivity contribution in [2.45, 2.75) is 26.8 Å². The minimum Gasteiger partial charge on any atom is -0.481 e. The molecule has 3 unspecified atom stereocenters. The lowest BCUT2D eigenvalue weighted by atomic mass is 9.94. The van der Waals surface area contributed by atoms with Gasteiger partial charge in [0, 0.05) is 13.0 Å². The third kappa shape index (κ3) is 2.97. The van der Waals surface area contributed by atoms with Gasteiger partial charge in [0.15, 0.2) is 0 Å². The second kappa shape index (κ2) is 5.49. The van der Waals surface area contributed by atoms with Crippen LogP contribution in [-0.2, 0) is 14.3 Å². The lowest BCUT2D eigenvalue weighted by Gasteiger charge is -2.30. The van der Waals surface area contributed by atoms with Crippen molar-refractivity contribution in [2.24, 2.45) is 17.8 Å². The van der Waals surface area contributed by atoms with E-state index in [1.54, 1.807) is 7.05 Å². The van der Waals surface area contributed by atoms with Gasteiger partial charge in [-0.3, -0.25) is 9.59 Å². The highest BCUT2D eigenvalue weighted by molar-refractivity contribution is 5.80. The van der Waals surface area contributed by atoms with Gasteiger partial charge in [0.25, 0.3) is 0 Å². The van der Waals surface area contributed by atoms with E-state index in [0.717, 1.165) is 0 Å². The molecule has 0 bridgehead atoms. The van der Waals surface area contributed by atoms with Crippen LogP contribution in [0.15, 0.2) is 0 Å². The molecule has 1 amide bonds. The van der Waals surface area contributed by atoms with E-state index in [1.807, 2.05) is 20.8 Å². The van der Waals surface area contributed by atoms with Crippen LogP contribution in [0.1, 0.15) is 20.8 Å². The second-order valence-electron chi connectivity index (χ2n) is 5.03. The zero-order valence-corrected chi connectivity index (χ0v) is 10.8. The van der Waals surface area contributed by atoms with Crippen LogP contribution < -0.4 is 0 Å². The van der Waals surface area contributed by atoms with Crippen molar-refractivity contribution < 1.29 is 19.4 Å². The van der Waals surface area contributed by atoms with Gasteiger partial charge >= 0.3 is 5.97 Å². The van der Waals surface area contributed by atoms with Crippen LogP contribution in [-0.4, -0.2) is 48.2 Å². The van der Waals surface area contributed by atoms with Crippen molar-refractivity contribution in [2.75, 3.05) is 20.3 Å². The molecule has 1 rings (SSSR count). The van der Waals surface area contributed by atoms with Gasteiger partial charge in [0.05, 0.1) is 19.3 Å². The van der Waals surface area contributed by atoms with Gasteiger partial charge in [0.2, 0.25) is 5.91 Å². The Hall–Kier alpha value is -1.10. The molecule has 3 atom stereocenters. The molecule has 1 N–H and O–H groups in total. The zero-order chi connectivity index (χ0) is 13.2. The molecule has 5 heteroatoms. The van der Waals surface area contributed by atoms with Gasteiger partial charge in [-0.15, -0.1) is 0 Å². The van der Waals surface area contributed by atoms with Gasteiger partial charge in [-0.1, -0.05) is 20.8 Å². The number of ether oxygens (including phenoxy) is 1. The van der Waals surface area contributed by atoms with E-state index < -0.39 is 11.9 Å². The number of aliphatic carboxylic acids is 1. The lowest BCUT2D eigenvalue weighted by Crippen LogP contribution is -2.46. The van der Waals surface area contributed by atoms with Gasteiger partial charge in [-0.05, 0) is 5.92 Å². The van der Waals surface area contributed by atoms with Crippen LogP contribution in [0.5, 0.6) is 0 Å². The fourth-order valence-electron chi connectivity index (χ4n) is 1.93. The number of amides is 1. The molecule has 1 saturated heterocycles. The van der Waals surface area contributed by atoms with E-state index >= 15 is 0 Å². The average Bonchev–Trinajstić information content (AvgIpc) is 2.74. The average molecular weight is 243 g/mol. The second-order valence-corrected chi connectivity index (χ2v) is 5.03. The molecule has 98 valence electrons. The highest BCUT2D eigenvalue weighted by Crippen LogP contribution is 2.22. The Morgan fingerprint density at radius 1 is 1.29 bits per heavy atom. The molecule has 1 aliphatic heterocycles. The molecule has 0 aromatic carbocycles. The van der Waals surface area contributed by atoms with E-state index in [0.29, 0.717) is 6.61 Å². The Kier molecular flexibility index (Phi) is 4.51. The Bertz CT molecular complexity index is 303. The molecule has 1 fully saturated rings. The predicted molar refractivity (Wildman–Crippen MR) is 62.5 cm³/mol. The first-order valence-corrected chi connectivity index (χ1v) is 5.93. The maximum absolute atomic E-state index is 12.1. The molecule has 1 heterocycles. The van der Waals surface area contributed by atoms with Crippen molar-refractivity contribution in [1.82, 2.24) is 4.90 Å². The smallest absolute Gasteiger partial charge is 0.311 e. The lowest BCUT2D eigenvalue weighted by molar-refractivity contribution is -0.145. The number of carbonyl (C=O) groups excluding carboxylic acids is 1. The van der Waals surface area contributed by atoms with Crippen LogP contribution in [0.3, 0.4) is 0 Å². The van der Waals surface area contributed by atoms with Crippen molar-refractivity contribution >= 4 is 11.9 Å². The summed E-state index contributed by atoms with van der Waals surface area (Å²) in [6, 6.07) is -0.346. The highest BCUT2D eigenvalue weighted by Gasteiger charge is 2.39. The van der Waals surface area contributed by atoms with E-state index in [1.165, 1.54) is 4.90 Å². The predicted octanol–water partition coefficient (Wildman–Crippen LogP) is 0.837. The first-order chi connectivity index (χ1) is 7.86. The van der Waals surface area contributed by atoms with Crippen LogP contribution in [0.25, 0.3) is 0 Å². The molecule has 1 aliphatic rings. The van der Waals surface area contributed by atoms with Gasteiger partial charge < -0.3 is 14.7 Å². The molecule has 0 spiro atoms. The Labute approximate surface area is 102 Å². The molecule has 17 heavy (non-hydrogen) atoms. The topological polar surface area (TPSA) is 66.8 Å². The SMILES string of the molecule is CC(C)C(C)C(=O)N(C)C1COCC1C(=O)O. The maximum atomic E-state index is 12.1. The number of likely N-dealkylation sites (N-methyl/N-ethyl adjacent to an activating group) is 1. The van der Waals surface area contributed by atoms with Crippen LogP contribution in [0.2, 0.25) is 0 Å². The number of nitrogens with zero attached hydrogens (tertiary/aromatic N) is 1. The Balaban J connectivity index is 2.72. The third-order valence-corrected chi connectivity index (χ3v) is 3.60. The van der Waals surface area contributed by atoms with Gasteiger partial charge in [0.1, 0.15) is 5.92 Å². The normalized spacial score (nSPS) is 25.9. The maximum Gasteiger partial charge on any atom is 0.311 e. The summed E-state index contributed by atoms with van der Waals surface area (Å²) in [5.41, 5.74) is 0. The molecule has 0 aliphatic carbocycles. The summed E-state index contributed by atoms with van der Waals surface area (Å²) in [6.07, 6.45) is 0. The number of carboxylic acids is 1. The highest BCUT2D eigenvalue weighted by atomic mass is 16.5. The number of hydrogen-bond donors (Lipinski definition) is 1. The Morgan fingerprint density at radius 3 is 2.35 bits per heavy atom. The summed E-state index contributed by atoms with van der Waals surface area (Å²) in [4.78, 5) is 24.7. The summed E-state index contributed by atoms with van der Waals surface area (Å²) >= 11 is 0. The monoisotopic (exact) mass is 243 g/mol. The molecule has 0 radical (unpaired) electrons. The molecular formula is C12H21NO4. The Morgan fingerprint density at radius 2 is 1.88 bits per heavy atom. The number of carboxylic acid groups (broad SMARTS) is 1. The van der Waals surface area contributed by atoms with E-state index in [2.05, 4.69) is 0 Å². The zero-order valence-electron chi connectivity index (χ0n) is 10.8. The van der Waals surface area contributed by atoms with Gasteiger partial charge in [-0.2, -0.15) is 0 Å². The fourth-order valence-corrected chi connectivity index (χ4v) is 1.93. The van der Waals surface area contributed by atoms with Crippen molar-refractivity contribution in [3.05, 3.63) is 0 Å². The van der Waals surface area contributed by atoms with Crippen molar-refractivity contribution in [3.63, 3.8) is 0 Å². The van der Waals surface area contributed by atoms with Crippen LogP contribution >= 0.6 is 0 Å². The fraction of sp³-hybridized carbons (Fsp3) is 0.833. The van der Waals surface area contributed by atoms with E-state index in [9.17, 15) is 9.59 Å². The summed E-state index contributed by atoms with van der Waals surface area (Å²) < 4.78 is 5.17. The largest absolute Gasteiger partial charge is 0.481 e. The summed E-state index contributed by atoms with van der Waals surface area (Å²) in [6.45, 7) is 6.33. The standard InChI is InChI=1S/C12H21NO4/c1-7(2)8(3)11(14)13(4)10-6-17-5-9(10)12(15)16/h7-10H,5-6H2,1-4H3,(H,15,16). The molecular weight excluding hydrogens is 222 g/mol. The third-order valence-electron chi connectivity index (χ3n) is 3.60. The van der Waals surface area contributed by atoms with Crippen molar-refractivity contribution in [1.29, 1.82) is 0 Å². The first-order valence-electron chi connectivity index (χ1n) is 5.93.